The summed E-state index contributed by atoms with van der Waals surface area (Å²) in [6, 6.07) is 12.9. The molecule has 2 rings (SSSR count). The molecule has 0 aliphatic rings. The molecule has 2 aromatic carbocycles. The molecule has 0 spiro atoms. The van der Waals surface area contributed by atoms with Crippen LogP contribution in [0.3, 0.4) is 0 Å². The van der Waals surface area contributed by atoms with Gasteiger partial charge in [-0.2, -0.15) is 8.78 Å². The third kappa shape index (κ3) is 8.26. The van der Waals surface area contributed by atoms with Crippen LogP contribution in [-0.4, -0.2) is 44.1 Å². The van der Waals surface area contributed by atoms with E-state index in [2.05, 4.69) is 15.4 Å². The van der Waals surface area contributed by atoms with Gasteiger partial charge in [-0.1, -0.05) is 29.8 Å². The Morgan fingerprint density at radius 3 is 2.43 bits per heavy atom. The number of hydrogen-bond donors (Lipinski definition) is 2. The maximum absolute atomic E-state index is 12.1. The zero-order valence-corrected chi connectivity index (χ0v) is 16.3. The second kappa shape index (κ2) is 11.5. The van der Waals surface area contributed by atoms with Crippen LogP contribution >= 0.6 is 0 Å². The van der Waals surface area contributed by atoms with Gasteiger partial charge in [-0.15, -0.1) is 0 Å². The van der Waals surface area contributed by atoms with E-state index >= 15 is 0 Å². The lowest BCUT2D eigenvalue weighted by Gasteiger charge is -2.08. The maximum Gasteiger partial charge on any atom is 0.387 e. The predicted octanol–water partition coefficient (Wildman–Crippen LogP) is 2.23. The summed E-state index contributed by atoms with van der Waals surface area (Å²) in [5.41, 5.74) is 2.15. The van der Waals surface area contributed by atoms with Gasteiger partial charge in [0.05, 0.1) is 0 Å². The third-order valence-corrected chi connectivity index (χ3v) is 3.92. The summed E-state index contributed by atoms with van der Waals surface area (Å²) in [6.45, 7) is -1.59. The molecule has 0 radical (unpaired) electrons. The first-order chi connectivity index (χ1) is 14.3. The van der Waals surface area contributed by atoms with Crippen molar-refractivity contribution in [2.24, 2.45) is 0 Å². The van der Waals surface area contributed by atoms with E-state index in [1.807, 2.05) is 13.0 Å². The Hall–Kier alpha value is -3.49. The number of halogens is 2. The van der Waals surface area contributed by atoms with Crippen molar-refractivity contribution in [1.82, 2.24) is 10.6 Å². The van der Waals surface area contributed by atoms with Crippen LogP contribution in [0, 0.1) is 6.92 Å². The van der Waals surface area contributed by atoms with Crippen LogP contribution in [-0.2, 0) is 20.7 Å². The topological polar surface area (TPSA) is 93.7 Å². The highest BCUT2D eigenvalue weighted by atomic mass is 19.3. The first kappa shape index (κ1) is 22.8. The van der Waals surface area contributed by atoms with Crippen LogP contribution in [0.2, 0.25) is 0 Å². The summed E-state index contributed by atoms with van der Waals surface area (Å²) < 4.78 is 33.3. The SMILES string of the molecule is Cc1cccc(C(=O)NCC(=O)OCC(=O)NCCc2ccc(OC(F)F)cc2)c1. The van der Waals surface area contributed by atoms with Gasteiger partial charge in [-0.3, -0.25) is 14.4 Å². The number of alkyl halides is 2. The Kier molecular flexibility index (Phi) is 8.74. The number of esters is 1. The molecule has 2 amide bonds. The molecule has 0 unspecified atom stereocenters. The van der Waals surface area contributed by atoms with Crippen molar-refractivity contribution in [2.45, 2.75) is 20.0 Å². The van der Waals surface area contributed by atoms with E-state index in [9.17, 15) is 23.2 Å². The lowest BCUT2D eigenvalue weighted by molar-refractivity contribution is -0.147. The normalized spacial score (nSPS) is 10.4. The van der Waals surface area contributed by atoms with Gasteiger partial charge in [-0.05, 0) is 43.2 Å². The smallest absolute Gasteiger partial charge is 0.387 e. The average Bonchev–Trinajstić information content (AvgIpc) is 2.71. The monoisotopic (exact) mass is 420 g/mol. The van der Waals surface area contributed by atoms with Crippen LogP contribution in [0.5, 0.6) is 5.75 Å². The molecule has 0 aliphatic heterocycles. The Morgan fingerprint density at radius 2 is 1.77 bits per heavy atom. The zero-order chi connectivity index (χ0) is 21.9. The summed E-state index contributed by atoms with van der Waals surface area (Å²) in [6.07, 6.45) is 0.460. The summed E-state index contributed by atoms with van der Waals surface area (Å²) in [7, 11) is 0. The molecule has 0 aromatic heterocycles. The second-order valence-electron chi connectivity index (χ2n) is 6.34. The van der Waals surface area contributed by atoms with E-state index in [1.165, 1.54) is 12.1 Å². The molecular weight excluding hydrogens is 398 g/mol. The highest BCUT2D eigenvalue weighted by Gasteiger charge is 2.11. The summed E-state index contributed by atoms with van der Waals surface area (Å²) in [4.78, 5) is 35.3. The maximum atomic E-state index is 12.1. The summed E-state index contributed by atoms with van der Waals surface area (Å²) >= 11 is 0. The Labute approximate surface area is 172 Å². The fourth-order valence-electron chi connectivity index (χ4n) is 2.47. The molecule has 2 aromatic rings. The first-order valence-corrected chi connectivity index (χ1v) is 9.14. The van der Waals surface area contributed by atoms with Gasteiger partial charge in [0.1, 0.15) is 12.3 Å². The van der Waals surface area contributed by atoms with E-state index in [4.69, 9.17) is 4.74 Å². The standard InChI is InChI=1S/C21H22F2N2O5/c1-14-3-2-4-16(11-14)20(28)25-12-19(27)29-13-18(26)24-10-9-15-5-7-17(8-6-15)30-21(22)23/h2-8,11,21H,9-10,12-13H2,1H3,(H,24,26)(H,25,28). The molecule has 2 N–H and O–H groups in total. The Bertz CT molecular complexity index is 872. The minimum Gasteiger partial charge on any atom is -0.454 e. The summed E-state index contributed by atoms with van der Waals surface area (Å²) in [5.74, 6) is -1.59. The van der Waals surface area contributed by atoms with Crippen LogP contribution in [0.15, 0.2) is 48.5 Å². The number of carbonyl (C=O) groups is 3. The largest absolute Gasteiger partial charge is 0.454 e. The van der Waals surface area contributed by atoms with Crippen LogP contribution in [0.25, 0.3) is 0 Å². The van der Waals surface area contributed by atoms with E-state index < -0.39 is 31.0 Å². The van der Waals surface area contributed by atoms with Gasteiger partial charge in [0.25, 0.3) is 11.8 Å². The lowest BCUT2D eigenvalue weighted by Crippen LogP contribution is -2.34. The van der Waals surface area contributed by atoms with Crippen molar-refractivity contribution in [3.63, 3.8) is 0 Å². The number of nitrogens with one attached hydrogen (secondary N) is 2. The molecule has 0 saturated heterocycles. The van der Waals surface area contributed by atoms with Gasteiger partial charge in [0, 0.05) is 12.1 Å². The lowest BCUT2D eigenvalue weighted by atomic mass is 10.1. The first-order valence-electron chi connectivity index (χ1n) is 9.14. The number of rotatable bonds is 10. The van der Waals surface area contributed by atoms with Gasteiger partial charge < -0.3 is 20.1 Å². The average molecular weight is 420 g/mol. The van der Waals surface area contributed by atoms with Gasteiger partial charge in [0.15, 0.2) is 6.61 Å². The number of amides is 2. The molecule has 0 saturated carbocycles. The quantitative estimate of drug-likeness (QED) is 0.575. The molecule has 9 heteroatoms. The van der Waals surface area contributed by atoms with Crippen molar-refractivity contribution in [3.8, 4) is 5.75 Å². The molecular formula is C21H22F2N2O5. The molecule has 0 bridgehead atoms. The van der Waals surface area contributed by atoms with Crippen molar-refractivity contribution in [3.05, 3.63) is 65.2 Å². The molecule has 0 aliphatic carbocycles. The van der Waals surface area contributed by atoms with Crippen molar-refractivity contribution in [2.75, 3.05) is 19.7 Å². The highest BCUT2D eigenvalue weighted by Crippen LogP contribution is 2.14. The number of benzene rings is 2. The van der Waals surface area contributed by atoms with E-state index in [1.54, 1.807) is 30.3 Å². The summed E-state index contributed by atoms with van der Waals surface area (Å²) in [5, 5.41) is 5.00. The highest BCUT2D eigenvalue weighted by molar-refractivity contribution is 5.96. The van der Waals surface area contributed by atoms with E-state index in [0.29, 0.717) is 12.0 Å². The minimum atomic E-state index is -2.88. The zero-order valence-electron chi connectivity index (χ0n) is 16.3. The number of hydrogen-bond acceptors (Lipinski definition) is 5. The molecule has 0 atom stereocenters. The van der Waals surface area contributed by atoms with Crippen molar-refractivity contribution in [1.29, 1.82) is 0 Å². The fraction of sp³-hybridized carbons (Fsp3) is 0.286. The number of carbonyl (C=O) groups excluding carboxylic acids is 3. The molecule has 160 valence electrons. The van der Waals surface area contributed by atoms with Gasteiger partial charge in [-0.25, -0.2) is 0 Å². The Balaban J connectivity index is 1.62. The molecule has 7 nitrogen and oxygen atoms in total. The minimum absolute atomic E-state index is 0.0548. The number of ether oxygens (including phenoxy) is 2. The van der Waals surface area contributed by atoms with Gasteiger partial charge in [0.2, 0.25) is 0 Å². The van der Waals surface area contributed by atoms with Crippen LogP contribution in [0.4, 0.5) is 8.78 Å². The Morgan fingerprint density at radius 1 is 1.03 bits per heavy atom. The van der Waals surface area contributed by atoms with Crippen LogP contribution in [0.1, 0.15) is 21.5 Å². The van der Waals surface area contributed by atoms with E-state index in [0.717, 1.165) is 11.1 Å². The third-order valence-electron chi connectivity index (χ3n) is 3.92. The second-order valence-corrected chi connectivity index (χ2v) is 6.34. The van der Waals surface area contributed by atoms with Gasteiger partial charge >= 0.3 is 12.6 Å². The molecule has 30 heavy (non-hydrogen) atoms. The van der Waals surface area contributed by atoms with Crippen molar-refractivity contribution >= 4 is 17.8 Å². The number of aryl methyl sites for hydroxylation is 1. The van der Waals surface area contributed by atoms with Crippen molar-refractivity contribution < 1.29 is 32.6 Å². The predicted molar refractivity (Wildman–Crippen MR) is 104 cm³/mol. The van der Waals surface area contributed by atoms with E-state index in [-0.39, 0.29) is 18.8 Å². The molecule has 0 heterocycles. The fourth-order valence-corrected chi connectivity index (χ4v) is 2.47. The molecule has 0 fully saturated rings. The van der Waals surface area contributed by atoms with Crippen LogP contribution < -0.4 is 15.4 Å².